The molecule has 0 spiro atoms. The van der Waals surface area contributed by atoms with Gasteiger partial charge in [-0.05, 0) is 31.7 Å². The zero-order chi connectivity index (χ0) is 15.4. The van der Waals surface area contributed by atoms with Gasteiger partial charge in [0.1, 0.15) is 0 Å². The minimum Gasteiger partial charge on any atom is -0.427 e. The highest BCUT2D eigenvalue weighted by Gasteiger charge is 2.22. The monoisotopic (exact) mass is 302 g/mol. The Balaban J connectivity index is 2.11. The van der Waals surface area contributed by atoms with E-state index in [2.05, 4.69) is 10.1 Å². The maximum absolute atomic E-state index is 12.3. The Labute approximate surface area is 119 Å². The van der Waals surface area contributed by atoms with E-state index in [0.29, 0.717) is 18.5 Å². The highest BCUT2D eigenvalue weighted by Crippen LogP contribution is 2.32. The molecule has 0 aliphatic heterocycles. The molecule has 2 N–H and O–H groups in total. The number of hydrogen-bond acceptors (Lipinski definition) is 5. The van der Waals surface area contributed by atoms with Crippen molar-refractivity contribution in [1.29, 1.82) is 0 Å². The highest BCUT2D eigenvalue weighted by molar-refractivity contribution is 5.58. The predicted octanol–water partition coefficient (Wildman–Crippen LogP) is 2.91. The van der Waals surface area contributed by atoms with Crippen LogP contribution in [0.2, 0.25) is 0 Å². The number of aliphatic hydroxyl groups excluding tert-OH is 1. The number of anilines is 1. The molecule has 1 aliphatic rings. The number of rotatable bonds is 5. The van der Waals surface area contributed by atoms with Gasteiger partial charge in [0, 0.05) is 23.9 Å². The van der Waals surface area contributed by atoms with Crippen LogP contribution in [0.1, 0.15) is 25.7 Å². The molecule has 1 aromatic carbocycles. The van der Waals surface area contributed by atoms with Crippen molar-refractivity contribution in [1.82, 2.24) is 0 Å². The number of nitro benzene ring substituents is 1. The quantitative estimate of drug-likeness (QED) is 0.645. The SMILES string of the molecule is O=[N+]([O-])c1ccc(NC2CCC(O)CC2)cc1OC(F)F. The van der Waals surface area contributed by atoms with Crippen molar-refractivity contribution in [3.63, 3.8) is 0 Å². The van der Waals surface area contributed by atoms with Crippen LogP contribution in [-0.2, 0) is 0 Å². The first kappa shape index (κ1) is 15.4. The fourth-order valence-electron chi connectivity index (χ4n) is 2.40. The molecule has 0 heterocycles. The van der Waals surface area contributed by atoms with Crippen LogP contribution < -0.4 is 10.1 Å². The third-order valence-corrected chi connectivity index (χ3v) is 3.44. The molecule has 1 aromatic rings. The lowest BCUT2D eigenvalue weighted by Crippen LogP contribution is -2.28. The second-order valence-corrected chi connectivity index (χ2v) is 4.97. The summed E-state index contributed by atoms with van der Waals surface area (Å²) in [5.41, 5.74) is -0.0162. The van der Waals surface area contributed by atoms with Crippen LogP contribution in [0.4, 0.5) is 20.2 Å². The second-order valence-electron chi connectivity index (χ2n) is 4.97. The second kappa shape index (κ2) is 6.66. The lowest BCUT2D eigenvalue weighted by atomic mass is 9.93. The fourth-order valence-corrected chi connectivity index (χ4v) is 2.40. The van der Waals surface area contributed by atoms with Gasteiger partial charge in [0.05, 0.1) is 11.0 Å². The molecule has 0 radical (unpaired) electrons. The topological polar surface area (TPSA) is 84.6 Å². The number of halogens is 2. The first-order valence-corrected chi connectivity index (χ1v) is 6.63. The van der Waals surface area contributed by atoms with Gasteiger partial charge in [-0.1, -0.05) is 0 Å². The van der Waals surface area contributed by atoms with Gasteiger partial charge in [-0.2, -0.15) is 8.78 Å². The van der Waals surface area contributed by atoms with Crippen molar-refractivity contribution in [2.75, 3.05) is 5.32 Å². The minimum atomic E-state index is -3.12. The van der Waals surface area contributed by atoms with Crippen molar-refractivity contribution >= 4 is 11.4 Å². The Bertz CT molecular complexity index is 505. The van der Waals surface area contributed by atoms with Gasteiger partial charge in [-0.3, -0.25) is 10.1 Å². The van der Waals surface area contributed by atoms with E-state index in [1.54, 1.807) is 0 Å². The van der Waals surface area contributed by atoms with Crippen LogP contribution in [0, 0.1) is 10.1 Å². The fraction of sp³-hybridized carbons (Fsp3) is 0.538. The minimum absolute atomic E-state index is 0.106. The Morgan fingerprint density at radius 2 is 2.00 bits per heavy atom. The third-order valence-electron chi connectivity index (χ3n) is 3.44. The zero-order valence-electron chi connectivity index (χ0n) is 11.2. The number of nitro groups is 1. The number of hydrogen-bond donors (Lipinski definition) is 2. The van der Waals surface area contributed by atoms with Crippen molar-refractivity contribution < 1.29 is 23.5 Å². The lowest BCUT2D eigenvalue weighted by molar-refractivity contribution is -0.386. The normalized spacial score (nSPS) is 22.1. The molecule has 21 heavy (non-hydrogen) atoms. The van der Waals surface area contributed by atoms with E-state index in [4.69, 9.17) is 0 Å². The van der Waals surface area contributed by atoms with Crippen LogP contribution in [-0.4, -0.2) is 28.8 Å². The summed E-state index contributed by atoms with van der Waals surface area (Å²) in [5, 5.41) is 23.3. The van der Waals surface area contributed by atoms with E-state index in [0.717, 1.165) is 18.9 Å². The van der Waals surface area contributed by atoms with Crippen molar-refractivity contribution in [2.24, 2.45) is 0 Å². The van der Waals surface area contributed by atoms with Crippen LogP contribution >= 0.6 is 0 Å². The molecule has 6 nitrogen and oxygen atoms in total. The third kappa shape index (κ3) is 4.25. The Kier molecular flexibility index (Phi) is 4.89. The highest BCUT2D eigenvalue weighted by atomic mass is 19.3. The molecule has 0 amide bonds. The summed E-state index contributed by atoms with van der Waals surface area (Å²) in [6.07, 6.45) is 2.56. The summed E-state index contributed by atoms with van der Waals surface area (Å²) in [5.74, 6) is -0.462. The predicted molar refractivity (Wildman–Crippen MR) is 71.6 cm³/mol. The summed E-state index contributed by atoms with van der Waals surface area (Å²) in [4.78, 5) is 10.0. The molecule has 0 saturated heterocycles. The molecule has 1 fully saturated rings. The zero-order valence-corrected chi connectivity index (χ0v) is 11.2. The maximum Gasteiger partial charge on any atom is 0.387 e. The lowest BCUT2D eigenvalue weighted by Gasteiger charge is -2.27. The number of alkyl halides is 2. The van der Waals surface area contributed by atoms with Crippen molar-refractivity contribution in [2.45, 2.75) is 44.4 Å². The van der Waals surface area contributed by atoms with E-state index in [-0.39, 0.29) is 12.1 Å². The molecule has 116 valence electrons. The Hall–Kier alpha value is -1.96. The molecule has 1 aliphatic carbocycles. The molecule has 0 unspecified atom stereocenters. The summed E-state index contributed by atoms with van der Waals surface area (Å²) < 4.78 is 28.8. The van der Waals surface area contributed by atoms with E-state index in [1.807, 2.05) is 0 Å². The first-order chi connectivity index (χ1) is 9.95. The van der Waals surface area contributed by atoms with E-state index in [1.165, 1.54) is 12.1 Å². The molecule has 0 bridgehead atoms. The molecule has 0 atom stereocenters. The van der Waals surface area contributed by atoms with Crippen molar-refractivity contribution in [3.05, 3.63) is 28.3 Å². The van der Waals surface area contributed by atoms with Crippen LogP contribution in [0.15, 0.2) is 18.2 Å². The Morgan fingerprint density at radius 1 is 1.33 bits per heavy atom. The van der Waals surface area contributed by atoms with E-state index < -0.39 is 23.0 Å². The van der Waals surface area contributed by atoms with Gasteiger partial charge in [0.25, 0.3) is 0 Å². The average molecular weight is 302 g/mol. The standard InChI is InChI=1S/C13H16F2N2O4/c14-13(15)21-12-7-9(3-6-11(12)17(19)20)16-8-1-4-10(18)5-2-8/h3,6-8,10,13,16,18H,1-2,4-5H2. The largest absolute Gasteiger partial charge is 0.427 e. The summed E-state index contributed by atoms with van der Waals surface area (Å²) in [6.45, 7) is -3.12. The molecular formula is C13H16F2N2O4. The van der Waals surface area contributed by atoms with E-state index >= 15 is 0 Å². The first-order valence-electron chi connectivity index (χ1n) is 6.63. The Morgan fingerprint density at radius 3 is 2.57 bits per heavy atom. The molecular weight excluding hydrogens is 286 g/mol. The maximum atomic E-state index is 12.3. The summed E-state index contributed by atoms with van der Waals surface area (Å²) >= 11 is 0. The molecule has 2 rings (SSSR count). The number of aliphatic hydroxyl groups is 1. The smallest absolute Gasteiger partial charge is 0.387 e. The molecule has 8 heteroatoms. The van der Waals surface area contributed by atoms with Crippen LogP contribution in [0.5, 0.6) is 5.75 Å². The molecule has 1 saturated carbocycles. The van der Waals surface area contributed by atoms with Gasteiger partial charge in [-0.25, -0.2) is 0 Å². The van der Waals surface area contributed by atoms with Gasteiger partial charge in [0.15, 0.2) is 0 Å². The van der Waals surface area contributed by atoms with Gasteiger partial charge < -0.3 is 15.2 Å². The van der Waals surface area contributed by atoms with Crippen LogP contribution in [0.25, 0.3) is 0 Å². The van der Waals surface area contributed by atoms with Gasteiger partial charge >= 0.3 is 12.3 Å². The number of nitrogens with one attached hydrogen (secondary N) is 1. The van der Waals surface area contributed by atoms with Crippen molar-refractivity contribution in [3.8, 4) is 5.75 Å². The van der Waals surface area contributed by atoms with E-state index in [9.17, 15) is 24.0 Å². The van der Waals surface area contributed by atoms with Gasteiger partial charge in [0.2, 0.25) is 5.75 Å². The van der Waals surface area contributed by atoms with Gasteiger partial charge in [-0.15, -0.1) is 0 Å². The molecule has 0 aromatic heterocycles. The average Bonchev–Trinajstić information content (AvgIpc) is 2.40. The summed E-state index contributed by atoms with van der Waals surface area (Å²) in [7, 11) is 0. The number of nitrogens with zero attached hydrogens (tertiary/aromatic N) is 1. The van der Waals surface area contributed by atoms with Crippen LogP contribution in [0.3, 0.4) is 0 Å². The number of ether oxygens (including phenoxy) is 1. The number of benzene rings is 1. The summed E-state index contributed by atoms with van der Waals surface area (Å²) in [6, 6.07) is 3.91.